The van der Waals surface area contributed by atoms with Crippen molar-refractivity contribution in [3.05, 3.63) is 47.5 Å². The average molecular weight is 284 g/mol. The summed E-state index contributed by atoms with van der Waals surface area (Å²) < 4.78 is 0. The predicted molar refractivity (Wildman–Crippen MR) is 80.2 cm³/mol. The number of ketones is 1. The van der Waals surface area contributed by atoms with Crippen LogP contribution in [0, 0.1) is 5.92 Å². The van der Waals surface area contributed by atoms with E-state index in [0.717, 1.165) is 0 Å². The Bertz CT molecular complexity index is 708. The van der Waals surface area contributed by atoms with Gasteiger partial charge in [-0.1, -0.05) is 26.0 Å². The number of hydrogen-bond acceptors (Lipinski definition) is 4. The Labute approximate surface area is 122 Å². The first-order chi connectivity index (χ1) is 9.90. The molecular weight excluding hydrogens is 268 g/mol. The van der Waals surface area contributed by atoms with Gasteiger partial charge in [0, 0.05) is 11.5 Å². The maximum absolute atomic E-state index is 12.0. The van der Waals surface area contributed by atoms with Crippen LogP contribution in [0.5, 0.6) is 0 Å². The number of nitrogen functional groups attached to an aromatic ring is 1. The fraction of sp³-hybridized carbons (Fsp3) is 0.188. The lowest BCUT2D eigenvalue weighted by molar-refractivity contribution is 0.0696. The lowest BCUT2D eigenvalue weighted by Gasteiger charge is -2.09. The molecule has 21 heavy (non-hydrogen) atoms. The summed E-state index contributed by atoms with van der Waals surface area (Å²) in [7, 11) is 0. The summed E-state index contributed by atoms with van der Waals surface area (Å²) >= 11 is 0. The number of aromatic carboxylic acids is 1. The molecule has 108 valence electrons. The molecule has 0 radical (unpaired) electrons. The number of hydrogen-bond donors (Lipinski definition) is 2. The molecule has 0 saturated carbocycles. The summed E-state index contributed by atoms with van der Waals surface area (Å²) in [4.78, 5) is 27.2. The van der Waals surface area contributed by atoms with E-state index in [1.165, 1.54) is 12.1 Å². The Balaban J connectivity index is 2.43. The molecule has 3 N–H and O–H groups in total. The number of nitrogens with zero attached hydrogens (tertiary/aromatic N) is 1. The van der Waals surface area contributed by atoms with Gasteiger partial charge in [0.15, 0.2) is 5.78 Å². The summed E-state index contributed by atoms with van der Waals surface area (Å²) in [6.45, 7) is 3.60. The molecule has 0 spiro atoms. The molecule has 0 aliphatic carbocycles. The third-order valence-electron chi connectivity index (χ3n) is 3.12. The number of anilines is 1. The van der Waals surface area contributed by atoms with E-state index in [1.54, 1.807) is 38.1 Å². The summed E-state index contributed by atoms with van der Waals surface area (Å²) in [6, 6.07) is 9.72. The van der Waals surface area contributed by atoms with Gasteiger partial charge in [-0.2, -0.15) is 0 Å². The Kier molecular flexibility index (Phi) is 4.03. The van der Waals surface area contributed by atoms with E-state index in [0.29, 0.717) is 16.8 Å². The molecule has 0 unspecified atom stereocenters. The highest BCUT2D eigenvalue weighted by Gasteiger charge is 2.15. The second kappa shape index (κ2) is 5.75. The smallest absolute Gasteiger partial charge is 0.335 e. The van der Waals surface area contributed by atoms with Crippen molar-refractivity contribution in [2.75, 3.05) is 5.73 Å². The summed E-state index contributed by atoms with van der Waals surface area (Å²) in [6.07, 6.45) is 0. The molecule has 0 aliphatic heterocycles. The zero-order chi connectivity index (χ0) is 15.6. The first kappa shape index (κ1) is 14.7. The van der Waals surface area contributed by atoms with Gasteiger partial charge in [0.25, 0.3) is 0 Å². The molecular formula is C16H16N2O3. The van der Waals surface area contributed by atoms with E-state index in [1.807, 2.05) is 0 Å². The fourth-order valence-electron chi connectivity index (χ4n) is 1.97. The molecule has 1 heterocycles. The summed E-state index contributed by atoms with van der Waals surface area (Å²) in [5.41, 5.74) is 7.60. The third kappa shape index (κ3) is 3.08. The van der Waals surface area contributed by atoms with Crippen LogP contribution in [-0.4, -0.2) is 21.8 Å². The van der Waals surface area contributed by atoms with Crippen LogP contribution in [0.15, 0.2) is 36.4 Å². The van der Waals surface area contributed by atoms with Crippen molar-refractivity contribution in [1.29, 1.82) is 0 Å². The van der Waals surface area contributed by atoms with Crippen LogP contribution in [0.25, 0.3) is 11.3 Å². The number of carbonyl (C=O) groups is 2. The van der Waals surface area contributed by atoms with Crippen LogP contribution < -0.4 is 5.73 Å². The van der Waals surface area contributed by atoms with Gasteiger partial charge >= 0.3 is 5.97 Å². The Morgan fingerprint density at radius 2 is 1.90 bits per heavy atom. The number of benzene rings is 1. The highest BCUT2D eigenvalue weighted by atomic mass is 16.4. The van der Waals surface area contributed by atoms with Crippen LogP contribution in [-0.2, 0) is 0 Å². The second-order valence-electron chi connectivity index (χ2n) is 5.03. The maximum Gasteiger partial charge on any atom is 0.335 e. The van der Waals surface area contributed by atoms with Crippen molar-refractivity contribution < 1.29 is 14.7 Å². The highest BCUT2D eigenvalue weighted by Crippen LogP contribution is 2.23. The van der Waals surface area contributed by atoms with Crippen LogP contribution >= 0.6 is 0 Å². The number of carboxylic acids is 1. The Morgan fingerprint density at radius 3 is 2.48 bits per heavy atom. The van der Waals surface area contributed by atoms with E-state index >= 15 is 0 Å². The number of Topliss-reactive ketones (excluding diaryl/α,β-unsaturated/α-hetero) is 1. The van der Waals surface area contributed by atoms with Gasteiger partial charge < -0.3 is 10.8 Å². The number of pyridine rings is 1. The van der Waals surface area contributed by atoms with E-state index in [2.05, 4.69) is 4.98 Å². The van der Waals surface area contributed by atoms with E-state index in [4.69, 9.17) is 10.8 Å². The molecule has 1 aromatic carbocycles. The highest BCUT2D eigenvalue weighted by molar-refractivity contribution is 6.01. The van der Waals surface area contributed by atoms with Crippen LogP contribution in [0.2, 0.25) is 0 Å². The summed E-state index contributed by atoms with van der Waals surface area (Å²) in [5, 5.41) is 9.00. The van der Waals surface area contributed by atoms with E-state index in [9.17, 15) is 9.59 Å². The van der Waals surface area contributed by atoms with Gasteiger partial charge in [0.1, 0.15) is 5.82 Å². The maximum atomic E-state index is 12.0. The number of carbonyl (C=O) groups excluding carboxylic acids is 1. The largest absolute Gasteiger partial charge is 0.478 e. The fourth-order valence-corrected chi connectivity index (χ4v) is 1.97. The quantitative estimate of drug-likeness (QED) is 0.842. The molecule has 0 atom stereocenters. The molecule has 2 rings (SSSR count). The Morgan fingerprint density at radius 1 is 1.19 bits per heavy atom. The molecule has 0 bridgehead atoms. The number of carboxylic acid groups (broad SMARTS) is 1. The third-order valence-corrected chi connectivity index (χ3v) is 3.12. The van der Waals surface area contributed by atoms with Gasteiger partial charge in [-0.05, 0) is 24.3 Å². The molecule has 0 fully saturated rings. The lowest BCUT2D eigenvalue weighted by Crippen LogP contribution is -2.11. The first-order valence-electron chi connectivity index (χ1n) is 6.54. The second-order valence-corrected chi connectivity index (χ2v) is 5.03. The van der Waals surface area contributed by atoms with Gasteiger partial charge in [-0.3, -0.25) is 4.79 Å². The molecule has 0 amide bonds. The minimum Gasteiger partial charge on any atom is -0.478 e. The first-order valence-corrected chi connectivity index (χ1v) is 6.54. The van der Waals surface area contributed by atoms with E-state index < -0.39 is 5.97 Å². The van der Waals surface area contributed by atoms with Crippen molar-refractivity contribution in [1.82, 2.24) is 4.98 Å². The minimum absolute atomic E-state index is 0.0640. The van der Waals surface area contributed by atoms with Crippen molar-refractivity contribution in [3.8, 4) is 11.3 Å². The molecule has 0 aliphatic rings. The van der Waals surface area contributed by atoms with Crippen molar-refractivity contribution in [3.63, 3.8) is 0 Å². The standard InChI is InChI=1S/C16H16N2O3/c1-9(2)14(19)12-6-7-13(18-15(12)17)10-4-3-5-11(8-10)16(20)21/h3-9H,1-2H3,(H2,17,18)(H,20,21). The average Bonchev–Trinajstić information content (AvgIpc) is 2.46. The minimum atomic E-state index is -1.00. The summed E-state index contributed by atoms with van der Waals surface area (Å²) in [5.74, 6) is -1.07. The molecule has 1 aromatic heterocycles. The van der Waals surface area contributed by atoms with Crippen LogP contribution in [0.1, 0.15) is 34.6 Å². The monoisotopic (exact) mass is 284 g/mol. The molecule has 2 aromatic rings. The lowest BCUT2D eigenvalue weighted by atomic mass is 10.0. The van der Waals surface area contributed by atoms with Crippen LogP contribution in [0.3, 0.4) is 0 Å². The Hall–Kier alpha value is -2.69. The van der Waals surface area contributed by atoms with Gasteiger partial charge in [0.05, 0.1) is 16.8 Å². The number of nitrogens with two attached hydrogens (primary N) is 1. The van der Waals surface area contributed by atoms with Gasteiger partial charge in [0.2, 0.25) is 0 Å². The normalized spacial score (nSPS) is 10.6. The predicted octanol–water partition coefficient (Wildman–Crippen LogP) is 2.87. The van der Waals surface area contributed by atoms with Crippen molar-refractivity contribution >= 4 is 17.6 Å². The molecule has 5 heteroatoms. The van der Waals surface area contributed by atoms with E-state index in [-0.39, 0.29) is 23.1 Å². The van der Waals surface area contributed by atoms with Crippen LogP contribution in [0.4, 0.5) is 5.82 Å². The molecule has 5 nitrogen and oxygen atoms in total. The van der Waals surface area contributed by atoms with Crippen molar-refractivity contribution in [2.45, 2.75) is 13.8 Å². The molecule has 0 saturated heterocycles. The van der Waals surface area contributed by atoms with Gasteiger partial charge in [-0.15, -0.1) is 0 Å². The zero-order valence-electron chi connectivity index (χ0n) is 11.8. The number of rotatable bonds is 4. The zero-order valence-corrected chi connectivity index (χ0v) is 11.8. The number of aromatic nitrogens is 1. The topological polar surface area (TPSA) is 93.3 Å². The SMILES string of the molecule is CC(C)C(=O)c1ccc(-c2cccc(C(=O)O)c2)nc1N. The van der Waals surface area contributed by atoms with Crippen molar-refractivity contribution in [2.24, 2.45) is 5.92 Å². The van der Waals surface area contributed by atoms with Gasteiger partial charge in [-0.25, -0.2) is 9.78 Å².